The van der Waals surface area contributed by atoms with Gasteiger partial charge in [0.25, 0.3) is 0 Å². The molecule has 14 heavy (non-hydrogen) atoms. The average molecular weight is 193 g/mol. The summed E-state index contributed by atoms with van der Waals surface area (Å²) >= 11 is 0. The van der Waals surface area contributed by atoms with Gasteiger partial charge in [-0.05, 0) is 18.1 Å². The van der Waals surface area contributed by atoms with Gasteiger partial charge in [-0.15, -0.1) is 0 Å². The molecule has 0 aliphatic rings. The second-order valence-corrected chi connectivity index (χ2v) is 3.25. The third-order valence-electron chi connectivity index (χ3n) is 2.09. The van der Waals surface area contributed by atoms with Crippen molar-refractivity contribution in [2.24, 2.45) is 0 Å². The van der Waals surface area contributed by atoms with Gasteiger partial charge in [0, 0.05) is 13.1 Å². The summed E-state index contributed by atoms with van der Waals surface area (Å²) in [5.41, 5.74) is 2.45. The van der Waals surface area contributed by atoms with Crippen molar-refractivity contribution in [2.75, 3.05) is 6.54 Å². The minimum atomic E-state index is -0.762. The number of aliphatic carboxylic acids is 1. The molecule has 0 atom stereocenters. The predicted octanol–water partition coefficient (Wildman–Crippen LogP) is 1.56. The van der Waals surface area contributed by atoms with E-state index in [1.807, 2.05) is 31.2 Å². The number of benzene rings is 1. The van der Waals surface area contributed by atoms with Crippen LogP contribution in [0.25, 0.3) is 0 Å². The highest BCUT2D eigenvalue weighted by Crippen LogP contribution is 2.05. The van der Waals surface area contributed by atoms with Crippen molar-refractivity contribution in [3.05, 3.63) is 35.4 Å². The smallest absolute Gasteiger partial charge is 0.304 e. The highest BCUT2D eigenvalue weighted by Gasteiger charge is 1.98. The van der Waals surface area contributed by atoms with Crippen molar-refractivity contribution >= 4 is 5.97 Å². The molecule has 1 aromatic carbocycles. The minimum Gasteiger partial charge on any atom is -0.481 e. The van der Waals surface area contributed by atoms with E-state index in [2.05, 4.69) is 5.32 Å². The van der Waals surface area contributed by atoms with Gasteiger partial charge in [0.05, 0.1) is 6.42 Å². The molecule has 0 heterocycles. The molecule has 1 rings (SSSR count). The van der Waals surface area contributed by atoms with Crippen LogP contribution in [0.5, 0.6) is 0 Å². The first-order valence-corrected chi connectivity index (χ1v) is 4.67. The first-order valence-electron chi connectivity index (χ1n) is 4.67. The predicted molar refractivity (Wildman–Crippen MR) is 55.1 cm³/mol. The Morgan fingerprint density at radius 1 is 1.43 bits per heavy atom. The molecule has 0 fully saturated rings. The monoisotopic (exact) mass is 193 g/mol. The summed E-state index contributed by atoms with van der Waals surface area (Å²) in [6.45, 7) is 3.30. The maximum atomic E-state index is 10.2. The Hall–Kier alpha value is -1.35. The maximum Gasteiger partial charge on any atom is 0.304 e. The lowest BCUT2D eigenvalue weighted by molar-refractivity contribution is -0.136. The Labute approximate surface area is 83.8 Å². The van der Waals surface area contributed by atoms with Gasteiger partial charge < -0.3 is 10.4 Å². The van der Waals surface area contributed by atoms with Crippen LogP contribution in [-0.2, 0) is 11.3 Å². The molecule has 3 nitrogen and oxygen atoms in total. The van der Waals surface area contributed by atoms with Crippen molar-refractivity contribution in [2.45, 2.75) is 19.9 Å². The number of hydrogen-bond acceptors (Lipinski definition) is 2. The van der Waals surface area contributed by atoms with E-state index in [4.69, 9.17) is 5.11 Å². The van der Waals surface area contributed by atoms with E-state index in [1.165, 1.54) is 11.1 Å². The van der Waals surface area contributed by atoms with E-state index in [9.17, 15) is 4.79 Å². The number of nitrogens with one attached hydrogen (secondary N) is 1. The summed E-state index contributed by atoms with van der Waals surface area (Å²) in [6, 6.07) is 8.08. The molecule has 0 amide bonds. The zero-order valence-corrected chi connectivity index (χ0v) is 8.29. The zero-order valence-electron chi connectivity index (χ0n) is 8.29. The Bertz CT molecular complexity index is 310. The minimum absolute atomic E-state index is 0.173. The van der Waals surface area contributed by atoms with E-state index in [0.717, 1.165) is 6.54 Å². The first kappa shape index (κ1) is 10.7. The summed E-state index contributed by atoms with van der Waals surface area (Å²) in [6.07, 6.45) is 0.173. The second kappa shape index (κ2) is 5.40. The number of carbonyl (C=O) groups is 1. The quantitative estimate of drug-likeness (QED) is 0.698. The first-order chi connectivity index (χ1) is 6.70. The molecule has 0 aliphatic carbocycles. The molecular weight excluding hydrogens is 178 g/mol. The van der Waals surface area contributed by atoms with Crippen molar-refractivity contribution in [1.82, 2.24) is 5.32 Å². The lowest BCUT2D eigenvalue weighted by Gasteiger charge is -2.05. The van der Waals surface area contributed by atoms with E-state index in [-0.39, 0.29) is 6.42 Å². The SMILES string of the molecule is Cc1ccccc1CNCCC(=O)O. The van der Waals surface area contributed by atoms with Crippen LogP contribution in [0.2, 0.25) is 0 Å². The Kier molecular flexibility index (Phi) is 4.13. The van der Waals surface area contributed by atoms with Crippen molar-refractivity contribution in [1.29, 1.82) is 0 Å². The highest BCUT2D eigenvalue weighted by molar-refractivity contribution is 5.66. The van der Waals surface area contributed by atoms with Gasteiger partial charge in [-0.2, -0.15) is 0 Å². The van der Waals surface area contributed by atoms with Crippen LogP contribution in [-0.4, -0.2) is 17.6 Å². The molecule has 2 N–H and O–H groups in total. The molecule has 0 aromatic heterocycles. The molecule has 0 radical (unpaired) electrons. The molecule has 1 aromatic rings. The van der Waals surface area contributed by atoms with E-state index in [0.29, 0.717) is 6.54 Å². The summed E-state index contributed by atoms with van der Waals surface area (Å²) < 4.78 is 0. The number of rotatable bonds is 5. The summed E-state index contributed by atoms with van der Waals surface area (Å²) in [5, 5.41) is 11.5. The lowest BCUT2D eigenvalue weighted by atomic mass is 10.1. The van der Waals surface area contributed by atoms with Crippen LogP contribution in [0.4, 0.5) is 0 Å². The van der Waals surface area contributed by atoms with Crippen LogP contribution >= 0.6 is 0 Å². The fraction of sp³-hybridized carbons (Fsp3) is 0.364. The highest BCUT2D eigenvalue weighted by atomic mass is 16.4. The molecule has 0 unspecified atom stereocenters. The number of aryl methyl sites for hydroxylation is 1. The van der Waals surface area contributed by atoms with Gasteiger partial charge in [0.1, 0.15) is 0 Å². The average Bonchev–Trinajstić information content (AvgIpc) is 2.15. The standard InChI is InChI=1S/C11H15NO2/c1-9-4-2-3-5-10(9)8-12-7-6-11(13)14/h2-5,12H,6-8H2,1H3,(H,13,14). The molecule has 0 saturated heterocycles. The lowest BCUT2D eigenvalue weighted by Crippen LogP contribution is -2.18. The molecule has 0 aliphatic heterocycles. The van der Waals surface area contributed by atoms with Gasteiger partial charge in [-0.25, -0.2) is 0 Å². The van der Waals surface area contributed by atoms with E-state index in [1.54, 1.807) is 0 Å². The van der Waals surface area contributed by atoms with Crippen LogP contribution in [0.1, 0.15) is 17.5 Å². The van der Waals surface area contributed by atoms with Crippen molar-refractivity contribution in [3.63, 3.8) is 0 Å². The Morgan fingerprint density at radius 3 is 2.79 bits per heavy atom. The summed E-state index contributed by atoms with van der Waals surface area (Å²) in [5.74, 6) is -0.762. The number of hydrogen-bond donors (Lipinski definition) is 2. The molecule has 76 valence electrons. The fourth-order valence-corrected chi connectivity index (χ4v) is 1.23. The largest absolute Gasteiger partial charge is 0.481 e. The molecule has 0 saturated carbocycles. The van der Waals surface area contributed by atoms with Gasteiger partial charge in [0.2, 0.25) is 0 Å². The summed E-state index contributed by atoms with van der Waals surface area (Å²) in [4.78, 5) is 10.2. The van der Waals surface area contributed by atoms with Crippen LogP contribution in [0.15, 0.2) is 24.3 Å². The Balaban J connectivity index is 2.31. The molecule has 0 spiro atoms. The van der Waals surface area contributed by atoms with Crippen LogP contribution in [0, 0.1) is 6.92 Å². The second-order valence-electron chi connectivity index (χ2n) is 3.25. The third-order valence-corrected chi connectivity index (χ3v) is 2.09. The van der Waals surface area contributed by atoms with Crippen molar-refractivity contribution < 1.29 is 9.90 Å². The van der Waals surface area contributed by atoms with Crippen LogP contribution < -0.4 is 5.32 Å². The van der Waals surface area contributed by atoms with Crippen LogP contribution in [0.3, 0.4) is 0 Å². The molecule has 0 bridgehead atoms. The molecular formula is C11H15NO2. The normalized spacial score (nSPS) is 10.1. The summed E-state index contributed by atoms with van der Waals surface area (Å²) in [7, 11) is 0. The number of carboxylic acid groups (broad SMARTS) is 1. The van der Waals surface area contributed by atoms with E-state index >= 15 is 0 Å². The van der Waals surface area contributed by atoms with Gasteiger partial charge in [-0.3, -0.25) is 4.79 Å². The Morgan fingerprint density at radius 2 is 2.14 bits per heavy atom. The topological polar surface area (TPSA) is 49.3 Å². The van der Waals surface area contributed by atoms with Gasteiger partial charge in [0.15, 0.2) is 0 Å². The third kappa shape index (κ3) is 3.58. The zero-order chi connectivity index (χ0) is 10.4. The number of carboxylic acids is 1. The fourth-order valence-electron chi connectivity index (χ4n) is 1.23. The molecule has 3 heteroatoms. The van der Waals surface area contributed by atoms with E-state index < -0.39 is 5.97 Å². The van der Waals surface area contributed by atoms with Gasteiger partial charge >= 0.3 is 5.97 Å². The van der Waals surface area contributed by atoms with Gasteiger partial charge in [-0.1, -0.05) is 24.3 Å². The maximum absolute atomic E-state index is 10.2. The van der Waals surface area contributed by atoms with Crippen molar-refractivity contribution in [3.8, 4) is 0 Å².